The average Bonchev–Trinajstić information content (AvgIpc) is 3.15. The molecule has 6 nitrogen and oxygen atoms in total. The molecule has 1 aromatic carbocycles. The molecule has 0 spiro atoms. The predicted molar refractivity (Wildman–Crippen MR) is 96.7 cm³/mol. The summed E-state index contributed by atoms with van der Waals surface area (Å²) < 4.78 is 40.0. The molecule has 0 aliphatic carbocycles. The summed E-state index contributed by atoms with van der Waals surface area (Å²) in [4.78, 5) is 20.7. The van der Waals surface area contributed by atoms with Crippen LogP contribution in [0.15, 0.2) is 47.2 Å². The van der Waals surface area contributed by atoms with Gasteiger partial charge in [-0.1, -0.05) is 6.07 Å². The minimum atomic E-state index is -2.98. The number of benzene rings is 1. The Bertz CT molecular complexity index is 972. The molecule has 0 atom stereocenters. The van der Waals surface area contributed by atoms with Gasteiger partial charge in [-0.05, 0) is 36.8 Å². The van der Waals surface area contributed by atoms with E-state index in [1.54, 1.807) is 18.3 Å². The Morgan fingerprint density at radius 3 is 2.79 bits per heavy atom. The summed E-state index contributed by atoms with van der Waals surface area (Å²) >= 11 is 0. The van der Waals surface area contributed by atoms with Crippen LogP contribution in [0.25, 0.3) is 11.5 Å². The SMILES string of the molecule is COc1ccc(-c2nc(CCC(=O)c3ncccc3C)co2)cc1OC(F)F. The van der Waals surface area contributed by atoms with Crippen molar-refractivity contribution in [3.63, 3.8) is 0 Å². The van der Waals surface area contributed by atoms with Crippen molar-refractivity contribution in [3.05, 3.63) is 59.7 Å². The van der Waals surface area contributed by atoms with Gasteiger partial charge in [0.25, 0.3) is 0 Å². The number of halogens is 2. The number of pyridine rings is 1. The molecule has 0 aliphatic heterocycles. The third kappa shape index (κ3) is 4.51. The predicted octanol–water partition coefficient (Wildman–Crippen LogP) is 4.47. The van der Waals surface area contributed by atoms with Gasteiger partial charge in [-0.3, -0.25) is 9.78 Å². The Morgan fingerprint density at radius 2 is 2.07 bits per heavy atom. The van der Waals surface area contributed by atoms with Crippen LogP contribution in [0.3, 0.4) is 0 Å². The van der Waals surface area contributed by atoms with E-state index in [0.717, 1.165) is 5.56 Å². The van der Waals surface area contributed by atoms with Gasteiger partial charge in [0.2, 0.25) is 5.89 Å². The molecule has 0 saturated carbocycles. The normalized spacial score (nSPS) is 10.9. The summed E-state index contributed by atoms with van der Waals surface area (Å²) in [5, 5.41) is 0. The number of aryl methyl sites for hydroxylation is 2. The van der Waals surface area contributed by atoms with Crippen molar-refractivity contribution in [3.8, 4) is 23.0 Å². The number of ether oxygens (including phenoxy) is 2. The second-order valence-corrected chi connectivity index (χ2v) is 5.98. The lowest BCUT2D eigenvalue weighted by molar-refractivity contribution is -0.0511. The van der Waals surface area contributed by atoms with Crippen LogP contribution >= 0.6 is 0 Å². The molecule has 0 saturated heterocycles. The first-order valence-corrected chi connectivity index (χ1v) is 8.50. The number of Topliss-reactive ketones (excluding diaryl/α,β-unsaturated/α-hetero) is 1. The Labute approximate surface area is 160 Å². The maximum absolute atomic E-state index is 12.6. The fourth-order valence-electron chi connectivity index (χ4n) is 2.69. The molecule has 3 rings (SSSR count). The monoisotopic (exact) mass is 388 g/mol. The molecule has 0 fully saturated rings. The first-order chi connectivity index (χ1) is 13.5. The molecule has 28 heavy (non-hydrogen) atoms. The number of methoxy groups -OCH3 is 1. The number of hydrogen-bond donors (Lipinski definition) is 0. The van der Waals surface area contributed by atoms with E-state index in [0.29, 0.717) is 23.4 Å². The Balaban J connectivity index is 1.72. The third-order valence-corrected chi connectivity index (χ3v) is 4.06. The van der Waals surface area contributed by atoms with Crippen LogP contribution in [0.2, 0.25) is 0 Å². The number of rotatable bonds is 8. The van der Waals surface area contributed by atoms with Gasteiger partial charge in [0.05, 0.1) is 12.8 Å². The van der Waals surface area contributed by atoms with Gasteiger partial charge in [0.15, 0.2) is 17.3 Å². The summed E-state index contributed by atoms with van der Waals surface area (Å²) in [5.74, 6) is 0.209. The van der Waals surface area contributed by atoms with E-state index in [1.807, 2.05) is 13.0 Å². The summed E-state index contributed by atoms with van der Waals surface area (Å²) in [6, 6.07) is 8.08. The first kappa shape index (κ1) is 19.5. The van der Waals surface area contributed by atoms with Gasteiger partial charge in [-0.15, -0.1) is 0 Å². The van der Waals surface area contributed by atoms with Crippen LogP contribution in [0.4, 0.5) is 8.78 Å². The highest BCUT2D eigenvalue weighted by molar-refractivity contribution is 5.95. The number of ketones is 1. The lowest BCUT2D eigenvalue weighted by atomic mass is 10.1. The zero-order valence-electron chi connectivity index (χ0n) is 15.3. The van der Waals surface area contributed by atoms with Crippen molar-refractivity contribution in [1.82, 2.24) is 9.97 Å². The van der Waals surface area contributed by atoms with Crippen LogP contribution in [0.5, 0.6) is 11.5 Å². The van der Waals surface area contributed by atoms with E-state index >= 15 is 0 Å². The van der Waals surface area contributed by atoms with E-state index < -0.39 is 6.61 Å². The van der Waals surface area contributed by atoms with Crippen LogP contribution in [0, 0.1) is 6.92 Å². The van der Waals surface area contributed by atoms with E-state index in [-0.39, 0.29) is 29.6 Å². The topological polar surface area (TPSA) is 74.5 Å². The fraction of sp³-hybridized carbons (Fsp3) is 0.250. The Kier molecular flexibility index (Phi) is 5.98. The van der Waals surface area contributed by atoms with Crippen LogP contribution in [-0.4, -0.2) is 29.5 Å². The van der Waals surface area contributed by atoms with Crippen molar-refractivity contribution >= 4 is 5.78 Å². The van der Waals surface area contributed by atoms with Crippen LogP contribution < -0.4 is 9.47 Å². The van der Waals surface area contributed by atoms with Crippen molar-refractivity contribution in [2.45, 2.75) is 26.4 Å². The number of nitrogens with zero attached hydrogens (tertiary/aromatic N) is 2. The van der Waals surface area contributed by atoms with Gasteiger partial charge < -0.3 is 13.9 Å². The van der Waals surface area contributed by atoms with Gasteiger partial charge in [-0.2, -0.15) is 8.78 Å². The van der Waals surface area contributed by atoms with E-state index in [4.69, 9.17) is 9.15 Å². The highest BCUT2D eigenvalue weighted by atomic mass is 19.3. The molecule has 0 amide bonds. The Hall–Kier alpha value is -3.29. The maximum Gasteiger partial charge on any atom is 0.387 e. The number of carbonyl (C=O) groups excluding carboxylic acids is 1. The molecule has 8 heteroatoms. The molecule has 3 aromatic rings. The minimum Gasteiger partial charge on any atom is -0.493 e. The lowest BCUT2D eigenvalue weighted by Crippen LogP contribution is -2.06. The first-order valence-electron chi connectivity index (χ1n) is 8.50. The number of alkyl halides is 2. The van der Waals surface area contributed by atoms with Crippen LogP contribution in [-0.2, 0) is 6.42 Å². The van der Waals surface area contributed by atoms with Crippen molar-refractivity contribution < 1.29 is 27.5 Å². The zero-order chi connectivity index (χ0) is 20.1. The Morgan fingerprint density at radius 1 is 1.25 bits per heavy atom. The van der Waals surface area contributed by atoms with E-state index in [9.17, 15) is 13.6 Å². The fourth-order valence-corrected chi connectivity index (χ4v) is 2.69. The number of hydrogen-bond acceptors (Lipinski definition) is 6. The maximum atomic E-state index is 12.6. The lowest BCUT2D eigenvalue weighted by Gasteiger charge is -2.10. The summed E-state index contributed by atoms with van der Waals surface area (Å²) in [5.41, 5.74) is 2.28. The van der Waals surface area contributed by atoms with Gasteiger partial charge in [-0.25, -0.2) is 4.98 Å². The summed E-state index contributed by atoms with van der Waals surface area (Å²) in [7, 11) is 1.36. The summed E-state index contributed by atoms with van der Waals surface area (Å²) in [6.07, 6.45) is 3.62. The molecule has 146 valence electrons. The van der Waals surface area contributed by atoms with Gasteiger partial charge >= 0.3 is 6.61 Å². The average molecular weight is 388 g/mol. The molecule has 0 bridgehead atoms. The number of aromatic nitrogens is 2. The molecule has 0 unspecified atom stereocenters. The molecule has 2 heterocycles. The molecule has 0 radical (unpaired) electrons. The molecule has 2 aromatic heterocycles. The second kappa shape index (κ2) is 8.60. The second-order valence-electron chi connectivity index (χ2n) is 5.98. The largest absolute Gasteiger partial charge is 0.493 e. The quantitative estimate of drug-likeness (QED) is 0.530. The van der Waals surface area contributed by atoms with Crippen molar-refractivity contribution in [2.24, 2.45) is 0 Å². The van der Waals surface area contributed by atoms with E-state index in [1.165, 1.54) is 25.5 Å². The standard InChI is InChI=1S/C20H18F2N2O4/c1-12-4-3-9-23-18(12)15(25)7-6-14-11-27-19(24-14)13-5-8-16(26-2)17(10-13)28-20(21)22/h3-5,8-11,20H,6-7H2,1-2H3. The van der Waals surface area contributed by atoms with Gasteiger partial charge in [0, 0.05) is 24.6 Å². The van der Waals surface area contributed by atoms with Crippen molar-refractivity contribution in [1.29, 1.82) is 0 Å². The van der Waals surface area contributed by atoms with Crippen LogP contribution in [0.1, 0.15) is 28.2 Å². The highest BCUT2D eigenvalue weighted by Crippen LogP contribution is 2.33. The summed E-state index contributed by atoms with van der Waals surface area (Å²) in [6.45, 7) is -1.15. The zero-order valence-corrected chi connectivity index (χ0v) is 15.3. The molecule has 0 aliphatic rings. The van der Waals surface area contributed by atoms with Gasteiger partial charge in [0.1, 0.15) is 12.0 Å². The number of oxazole rings is 1. The van der Waals surface area contributed by atoms with Crippen molar-refractivity contribution in [2.75, 3.05) is 7.11 Å². The molecular formula is C20H18F2N2O4. The minimum absolute atomic E-state index is 0.0836. The molecule has 0 N–H and O–H groups in total. The van der Waals surface area contributed by atoms with E-state index in [2.05, 4.69) is 14.7 Å². The third-order valence-electron chi connectivity index (χ3n) is 4.06. The number of carbonyl (C=O) groups is 1. The molecular weight excluding hydrogens is 370 g/mol. The smallest absolute Gasteiger partial charge is 0.387 e. The highest BCUT2D eigenvalue weighted by Gasteiger charge is 2.16.